The smallest absolute Gasteiger partial charge is 0.139 e. The first-order valence-corrected chi connectivity index (χ1v) is 4.99. The molecule has 3 aliphatic carbocycles. The van der Waals surface area contributed by atoms with Crippen LogP contribution in [0.3, 0.4) is 0 Å². The first-order valence-electron chi connectivity index (χ1n) is 4.99. The highest BCUT2D eigenvalue weighted by atomic mass is 16.5. The number of Topliss-reactive ketones (excluding diaryl/α,β-unsaturated/α-hetero) is 1. The summed E-state index contributed by atoms with van der Waals surface area (Å²) in [6.07, 6.45) is 0.749. The van der Waals surface area contributed by atoms with Gasteiger partial charge >= 0.3 is 0 Å². The minimum Gasteiger partial charge on any atom is -0.396 e. The second kappa shape index (κ2) is 2.05. The topological polar surface area (TPSA) is 66.8 Å². The van der Waals surface area contributed by atoms with Crippen molar-refractivity contribution in [2.75, 3.05) is 13.2 Å². The van der Waals surface area contributed by atoms with Crippen molar-refractivity contribution in [3.05, 3.63) is 0 Å². The lowest BCUT2D eigenvalue weighted by Gasteiger charge is -2.63. The van der Waals surface area contributed by atoms with Crippen LogP contribution in [0.15, 0.2) is 0 Å². The summed E-state index contributed by atoms with van der Waals surface area (Å²) in [5, 5.41) is 19.8. The zero-order chi connectivity index (χ0) is 10.2. The molecular weight excluding hydrogens is 184 g/mol. The highest BCUT2D eigenvalue weighted by Gasteiger charge is 2.81. The molecule has 1 saturated heterocycles. The van der Waals surface area contributed by atoms with Crippen LogP contribution in [0.1, 0.15) is 19.8 Å². The molecule has 4 aliphatic rings. The summed E-state index contributed by atoms with van der Waals surface area (Å²) in [5.74, 6) is -0.0527. The highest BCUT2D eigenvalue weighted by molar-refractivity contribution is 5.88. The van der Waals surface area contributed by atoms with E-state index in [2.05, 4.69) is 0 Å². The van der Waals surface area contributed by atoms with E-state index in [0.29, 0.717) is 13.0 Å². The molecule has 0 aromatic rings. The molecule has 4 fully saturated rings. The predicted octanol–water partition coefficient (Wildman–Crippen LogP) is -0.522. The van der Waals surface area contributed by atoms with Crippen molar-refractivity contribution in [3.8, 4) is 0 Å². The molecule has 2 N–H and O–H groups in total. The summed E-state index contributed by atoms with van der Waals surface area (Å²) in [6.45, 7) is 1.93. The fourth-order valence-corrected chi connectivity index (χ4v) is 3.58. The fraction of sp³-hybridized carbons (Fsp3) is 0.900. The van der Waals surface area contributed by atoms with Gasteiger partial charge in [0, 0.05) is 12.3 Å². The molecule has 4 atom stereocenters. The maximum atomic E-state index is 11.7. The van der Waals surface area contributed by atoms with Crippen LogP contribution >= 0.6 is 0 Å². The maximum Gasteiger partial charge on any atom is 0.139 e. The summed E-state index contributed by atoms with van der Waals surface area (Å²) >= 11 is 0. The minimum atomic E-state index is -0.979. The molecule has 3 saturated carbocycles. The number of hydrogen-bond donors (Lipinski definition) is 2. The largest absolute Gasteiger partial charge is 0.396 e. The maximum absolute atomic E-state index is 11.7. The van der Waals surface area contributed by atoms with Gasteiger partial charge in [-0.25, -0.2) is 0 Å². The molecular formula is C10H14O4. The predicted molar refractivity (Wildman–Crippen MR) is 46.6 cm³/mol. The summed E-state index contributed by atoms with van der Waals surface area (Å²) < 4.78 is 5.56. The van der Waals surface area contributed by atoms with Crippen LogP contribution in [-0.2, 0) is 9.53 Å². The Morgan fingerprint density at radius 2 is 2.36 bits per heavy atom. The van der Waals surface area contributed by atoms with Crippen LogP contribution < -0.4 is 0 Å². The average molecular weight is 198 g/mol. The lowest BCUT2D eigenvalue weighted by atomic mass is 9.41. The molecule has 0 radical (unpaired) electrons. The molecule has 4 heteroatoms. The third kappa shape index (κ3) is 0.569. The number of hydrogen-bond acceptors (Lipinski definition) is 4. The van der Waals surface area contributed by atoms with Crippen LogP contribution in [-0.4, -0.2) is 40.4 Å². The molecule has 0 amide bonds. The van der Waals surface area contributed by atoms with Crippen molar-refractivity contribution in [3.63, 3.8) is 0 Å². The molecule has 4 nitrogen and oxygen atoms in total. The third-order valence-electron chi connectivity index (χ3n) is 4.70. The quantitative estimate of drug-likeness (QED) is 0.595. The Morgan fingerprint density at radius 3 is 3.00 bits per heavy atom. The normalized spacial score (nSPS) is 59.9. The molecule has 4 bridgehead atoms. The third-order valence-corrected chi connectivity index (χ3v) is 4.70. The first kappa shape index (κ1) is 8.83. The number of aliphatic hydroxyl groups excluding tert-OH is 1. The van der Waals surface area contributed by atoms with Gasteiger partial charge in [-0.05, 0) is 13.3 Å². The number of carbonyl (C=O) groups is 1. The van der Waals surface area contributed by atoms with Gasteiger partial charge in [-0.2, -0.15) is 0 Å². The Bertz CT molecular complexity index is 328. The van der Waals surface area contributed by atoms with Gasteiger partial charge in [0.1, 0.15) is 17.0 Å². The van der Waals surface area contributed by atoms with E-state index in [4.69, 9.17) is 4.74 Å². The molecule has 1 heterocycles. The van der Waals surface area contributed by atoms with Crippen molar-refractivity contribution >= 4 is 5.78 Å². The standard InChI is InChI=1S/C10H14O4/c1-8-3-7(12)6-2-10(8,13)9(6,4-11)5-14-8/h6,11,13H,2-5H2,1H3. The van der Waals surface area contributed by atoms with E-state index in [1.807, 2.05) is 0 Å². The van der Waals surface area contributed by atoms with Crippen LogP contribution in [0.2, 0.25) is 0 Å². The number of ketones is 1. The van der Waals surface area contributed by atoms with Gasteiger partial charge in [0.05, 0.1) is 18.6 Å². The minimum absolute atomic E-state index is 0.134. The van der Waals surface area contributed by atoms with Gasteiger partial charge in [0.25, 0.3) is 0 Å². The van der Waals surface area contributed by atoms with Crippen molar-refractivity contribution in [1.29, 1.82) is 0 Å². The fourth-order valence-electron chi connectivity index (χ4n) is 3.58. The monoisotopic (exact) mass is 198 g/mol. The van der Waals surface area contributed by atoms with Crippen LogP contribution in [0, 0.1) is 11.3 Å². The molecule has 4 unspecified atom stereocenters. The van der Waals surface area contributed by atoms with E-state index in [9.17, 15) is 15.0 Å². The summed E-state index contributed by atoms with van der Waals surface area (Å²) in [4.78, 5) is 11.7. The molecule has 0 aromatic carbocycles. The Labute approximate surface area is 81.9 Å². The number of ether oxygens (including phenoxy) is 1. The average Bonchev–Trinajstić information content (AvgIpc) is 2.23. The molecule has 4 rings (SSSR count). The molecule has 0 spiro atoms. The summed E-state index contributed by atoms with van der Waals surface area (Å²) in [6, 6.07) is 0. The SMILES string of the molecule is CC12CC(=O)C3CC1(O)C3(CO)CO2. The van der Waals surface area contributed by atoms with Gasteiger partial charge in [-0.3, -0.25) is 4.79 Å². The Kier molecular flexibility index (Phi) is 1.29. The van der Waals surface area contributed by atoms with Crippen LogP contribution in [0.4, 0.5) is 0 Å². The Balaban J connectivity index is 2.15. The van der Waals surface area contributed by atoms with Crippen molar-refractivity contribution in [2.24, 2.45) is 11.3 Å². The number of rotatable bonds is 1. The van der Waals surface area contributed by atoms with E-state index < -0.39 is 16.6 Å². The number of fused-ring (bicyclic) bond motifs is 1. The molecule has 1 aliphatic heterocycles. The summed E-state index contributed by atoms with van der Waals surface area (Å²) in [7, 11) is 0. The van der Waals surface area contributed by atoms with Crippen molar-refractivity contribution in [2.45, 2.75) is 31.0 Å². The molecule has 0 aromatic heterocycles. The van der Waals surface area contributed by atoms with Gasteiger partial charge in [-0.15, -0.1) is 0 Å². The molecule has 78 valence electrons. The first-order chi connectivity index (χ1) is 6.49. The second-order valence-corrected chi connectivity index (χ2v) is 5.09. The van der Waals surface area contributed by atoms with Crippen molar-refractivity contribution < 1.29 is 19.7 Å². The molecule has 14 heavy (non-hydrogen) atoms. The van der Waals surface area contributed by atoms with Crippen LogP contribution in [0.25, 0.3) is 0 Å². The van der Waals surface area contributed by atoms with E-state index in [-0.39, 0.29) is 24.7 Å². The second-order valence-electron chi connectivity index (χ2n) is 5.09. The van der Waals surface area contributed by atoms with E-state index >= 15 is 0 Å². The Morgan fingerprint density at radius 1 is 1.64 bits per heavy atom. The highest BCUT2D eigenvalue weighted by Crippen LogP contribution is 2.69. The zero-order valence-electron chi connectivity index (χ0n) is 8.12. The zero-order valence-corrected chi connectivity index (χ0v) is 8.12. The van der Waals surface area contributed by atoms with Crippen LogP contribution in [0.5, 0.6) is 0 Å². The lowest BCUT2D eigenvalue weighted by molar-refractivity contribution is -0.252. The summed E-state index contributed by atoms with van der Waals surface area (Å²) in [5.41, 5.74) is -2.44. The van der Waals surface area contributed by atoms with E-state index in [1.54, 1.807) is 6.92 Å². The van der Waals surface area contributed by atoms with Gasteiger partial charge in [-0.1, -0.05) is 0 Å². The van der Waals surface area contributed by atoms with E-state index in [1.165, 1.54) is 0 Å². The van der Waals surface area contributed by atoms with Gasteiger partial charge < -0.3 is 14.9 Å². The van der Waals surface area contributed by atoms with E-state index in [0.717, 1.165) is 0 Å². The lowest BCUT2D eigenvalue weighted by Crippen LogP contribution is -2.76. The Hall–Kier alpha value is -0.450. The van der Waals surface area contributed by atoms with Crippen molar-refractivity contribution in [1.82, 2.24) is 0 Å². The van der Waals surface area contributed by atoms with Gasteiger partial charge in [0.2, 0.25) is 0 Å². The number of carbonyl (C=O) groups excluding carboxylic acids is 1. The van der Waals surface area contributed by atoms with Gasteiger partial charge in [0.15, 0.2) is 0 Å². The number of aliphatic hydroxyl groups is 2.